The summed E-state index contributed by atoms with van der Waals surface area (Å²) < 4.78 is 0. The average Bonchev–Trinajstić information content (AvgIpc) is 2.15. The Bertz CT molecular complexity index is 118. The molecule has 1 rings (SSSR count). The van der Waals surface area contributed by atoms with Crippen molar-refractivity contribution in [3.63, 3.8) is 0 Å². The highest BCUT2D eigenvalue weighted by Crippen LogP contribution is 2.33. The predicted octanol–water partition coefficient (Wildman–Crippen LogP) is 4.64. The maximum atomic E-state index is 2.35. The quantitative estimate of drug-likeness (QED) is 0.594. The Hall–Kier alpha value is 0. The molecule has 0 amide bonds. The van der Waals surface area contributed by atoms with Crippen LogP contribution in [0.1, 0.15) is 65.7 Å². The van der Waals surface area contributed by atoms with Crippen molar-refractivity contribution in [3.05, 3.63) is 0 Å². The van der Waals surface area contributed by atoms with E-state index in [1.54, 1.807) is 0 Å². The Morgan fingerprint density at radius 3 is 2.00 bits per heavy atom. The van der Waals surface area contributed by atoms with E-state index in [9.17, 15) is 0 Å². The molecule has 0 heteroatoms. The summed E-state index contributed by atoms with van der Waals surface area (Å²) in [5, 5.41) is 0. The van der Waals surface area contributed by atoms with Gasteiger partial charge in [0.15, 0.2) is 0 Å². The zero-order chi connectivity index (χ0) is 9.68. The Morgan fingerprint density at radius 1 is 1.00 bits per heavy atom. The van der Waals surface area contributed by atoms with E-state index < -0.39 is 0 Å². The van der Waals surface area contributed by atoms with E-state index in [1.165, 1.54) is 44.9 Å². The van der Waals surface area contributed by atoms with Gasteiger partial charge >= 0.3 is 0 Å². The molecule has 0 atom stereocenters. The van der Waals surface area contributed by atoms with Gasteiger partial charge in [-0.25, -0.2) is 0 Å². The SMILES string of the molecule is CCC1CCC(CCC(C)C)CC1. The van der Waals surface area contributed by atoms with Crippen molar-refractivity contribution in [3.8, 4) is 0 Å². The molecule has 0 unspecified atom stereocenters. The predicted molar refractivity (Wildman–Crippen MR) is 59.8 cm³/mol. The molecule has 13 heavy (non-hydrogen) atoms. The zero-order valence-electron chi connectivity index (χ0n) is 9.68. The van der Waals surface area contributed by atoms with Crippen molar-refractivity contribution in [1.82, 2.24) is 0 Å². The highest BCUT2D eigenvalue weighted by molar-refractivity contribution is 4.72. The fourth-order valence-electron chi connectivity index (χ4n) is 2.50. The van der Waals surface area contributed by atoms with Gasteiger partial charge in [0, 0.05) is 0 Å². The Kier molecular flexibility index (Phi) is 4.83. The Labute approximate surface area is 84.1 Å². The summed E-state index contributed by atoms with van der Waals surface area (Å²) in [4.78, 5) is 0. The van der Waals surface area contributed by atoms with Gasteiger partial charge in [-0.1, -0.05) is 65.7 Å². The van der Waals surface area contributed by atoms with Gasteiger partial charge in [-0.15, -0.1) is 0 Å². The Morgan fingerprint density at radius 2 is 1.54 bits per heavy atom. The lowest BCUT2D eigenvalue weighted by Crippen LogP contribution is -2.14. The number of hydrogen-bond acceptors (Lipinski definition) is 0. The third kappa shape index (κ3) is 4.15. The highest BCUT2D eigenvalue weighted by atomic mass is 14.2. The van der Waals surface area contributed by atoms with Gasteiger partial charge in [-0.3, -0.25) is 0 Å². The molecule has 78 valence electrons. The van der Waals surface area contributed by atoms with Crippen LogP contribution in [-0.4, -0.2) is 0 Å². The summed E-state index contributed by atoms with van der Waals surface area (Å²) in [6, 6.07) is 0. The average molecular weight is 182 g/mol. The first-order valence-electron chi connectivity index (χ1n) is 6.22. The van der Waals surface area contributed by atoms with Crippen molar-refractivity contribution in [2.75, 3.05) is 0 Å². The molecule has 0 nitrogen and oxygen atoms in total. The molecule has 1 aliphatic carbocycles. The fourth-order valence-corrected chi connectivity index (χ4v) is 2.50. The molecule has 0 spiro atoms. The second kappa shape index (κ2) is 5.67. The molecule has 1 aliphatic rings. The summed E-state index contributed by atoms with van der Waals surface area (Å²) in [6.45, 7) is 7.04. The first kappa shape index (κ1) is 11.1. The van der Waals surface area contributed by atoms with Crippen LogP contribution >= 0.6 is 0 Å². The lowest BCUT2D eigenvalue weighted by Gasteiger charge is -2.28. The minimum atomic E-state index is 0.906. The van der Waals surface area contributed by atoms with Gasteiger partial charge < -0.3 is 0 Å². The molecule has 1 saturated carbocycles. The molecule has 0 saturated heterocycles. The van der Waals surface area contributed by atoms with E-state index in [2.05, 4.69) is 20.8 Å². The molecule has 0 radical (unpaired) electrons. The molecule has 0 N–H and O–H groups in total. The minimum absolute atomic E-state index is 0.906. The molecular formula is C13H26. The zero-order valence-corrected chi connectivity index (χ0v) is 9.68. The summed E-state index contributed by atoms with van der Waals surface area (Å²) in [5.74, 6) is 3.05. The van der Waals surface area contributed by atoms with E-state index in [1.807, 2.05) is 0 Å². The van der Waals surface area contributed by atoms with Crippen LogP contribution < -0.4 is 0 Å². The van der Waals surface area contributed by atoms with Crippen molar-refractivity contribution in [2.45, 2.75) is 65.7 Å². The second-order valence-corrected chi connectivity index (χ2v) is 5.27. The van der Waals surface area contributed by atoms with Crippen molar-refractivity contribution in [2.24, 2.45) is 17.8 Å². The van der Waals surface area contributed by atoms with Gasteiger partial charge in [0.1, 0.15) is 0 Å². The van der Waals surface area contributed by atoms with Crippen LogP contribution in [0.15, 0.2) is 0 Å². The molecule has 0 aromatic heterocycles. The Balaban J connectivity index is 2.10. The van der Waals surface area contributed by atoms with Crippen molar-refractivity contribution < 1.29 is 0 Å². The fraction of sp³-hybridized carbons (Fsp3) is 1.00. The van der Waals surface area contributed by atoms with Gasteiger partial charge in [-0.2, -0.15) is 0 Å². The molecule has 0 heterocycles. The highest BCUT2D eigenvalue weighted by Gasteiger charge is 2.19. The summed E-state index contributed by atoms with van der Waals surface area (Å²) >= 11 is 0. The second-order valence-electron chi connectivity index (χ2n) is 5.27. The van der Waals surface area contributed by atoms with Gasteiger partial charge in [-0.05, 0) is 17.8 Å². The maximum Gasteiger partial charge on any atom is -0.0414 e. The summed E-state index contributed by atoms with van der Waals surface area (Å²) in [5.41, 5.74) is 0. The van der Waals surface area contributed by atoms with Crippen LogP contribution in [-0.2, 0) is 0 Å². The number of hydrogen-bond donors (Lipinski definition) is 0. The third-order valence-corrected chi connectivity index (χ3v) is 3.70. The van der Waals surface area contributed by atoms with Gasteiger partial charge in [0.2, 0.25) is 0 Å². The van der Waals surface area contributed by atoms with Crippen LogP contribution in [0.2, 0.25) is 0 Å². The lowest BCUT2D eigenvalue weighted by atomic mass is 9.78. The van der Waals surface area contributed by atoms with E-state index in [0.29, 0.717) is 0 Å². The molecule has 0 aromatic carbocycles. The third-order valence-electron chi connectivity index (χ3n) is 3.70. The number of rotatable bonds is 4. The molecular weight excluding hydrogens is 156 g/mol. The standard InChI is InChI=1S/C13H26/c1-4-12-7-9-13(10-8-12)6-5-11(2)3/h11-13H,4-10H2,1-3H3. The molecule has 0 bridgehead atoms. The van der Waals surface area contributed by atoms with E-state index in [4.69, 9.17) is 0 Å². The van der Waals surface area contributed by atoms with Crippen LogP contribution in [0.5, 0.6) is 0 Å². The van der Waals surface area contributed by atoms with Crippen LogP contribution in [0, 0.1) is 17.8 Å². The lowest BCUT2D eigenvalue weighted by molar-refractivity contribution is 0.248. The van der Waals surface area contributed by atoms with Gasteiger partial charge in [0.25, 0.3) is 0 Å². The van der Waals surface area contributed by atoms with Crippen molar-refractivity contribution >= 4 is 0 Å². The topological polar surface area (TPSA) is 0 Å². The molecule has 0 aliphatic heterocycles. The minimum Gasteiger partial charge on any atom is -0.0651 e. The summed E-state index contributed by atoms with van der Waals surface area (Å²) in [6.07, 6.45) is 10.4. The maximum absolute atomic E-state index is 2.35. The van der Waals surface area contributed by atoms with Crippen molar-refractivity contribution in [1.29, 1.82) is 0 Å². The van der Waals surface area contributed by atoms with Crippen LogP contribution in [0.3, 0.4) is 0 Å². The monoisotopic (exact) mass is 182 g/mol. The smallest absolute Gasteiger partial charge is 0.0414 e. The largest absolute Gasteiger partial charge is 0.0651 e. The van der Waals surface area contributed by atoms with E-state index >= 15 is 0 Å². The molecule has 0 aromatic rings. The molecule has 1 fully saturated rings. The van der Waals surface area contributed by atoms with E-state index in [0.717, 1.165) is 17.8 Å². The first-order valence-corrected chi connectivity index (χ1v) is 6.22. The first-order chi connectivity index (χ1) is 6.22. The normalized spacial score (nSPS) is 29.5. The van der Waals surface area contributed by atoms with E-state index in [-0.39, 0.29) is 0 Å². The summed E-state index contributed by atoms with van der Waals surface area (Å²) in [7, 11) is 0. The van der Waals surface area contributed by atoms with Crippen LogP contribution in [0.4, 0.5) is 0 Å². The van der Waals surface area contributed by atoms with Crippen LogP contribution in [0.25, 0.3) is 0 Å². The van der Waals surface area contributed by atoms with Gasteiger partial charge in [0.05, 0.1) is 0 Å².